The lowest BCUT2D eigenvalue weighted by Gasteiger charge is -2.14. The number of carbonyl (C=O) groups excluding carboxylic acids is 1. The maximum atomic E-state index is 11.2. The first-order valence-electron chi connectivity index (χ1n) is 4.73. The molecule has 1 atom stereocenters. The van der Waals surface area contributed by atoms with Crippen LogP contribution in [0.2, 0.25) is 0 Å². The number of likely N-dealkylation sites (N-methyl/N-ethyl adjacent to an activating group) is 1. The van der Waals surface area contributed by atoms with Crippen LogP contribution in [0.4, 0.5) is 0 Å². The number of hydrogen-bond donors (Lipinski definition) is 2. The van der Waals surface area contributed by atoms with Crippen LogP contribution in [0.3, 0.4) is 0 Å². The maximum Gasteiger partial charge on any atom is 0.234 e. The van der Waals surface area contributed by atoms with Crippen molar-refractivity contribution in [2.24, 2.45) is 0 Å². The summed E-state index contributed by atoms with van der Waals surface area (Å²) in [6.07, 6.45) is -0.0782. The number of rotatable bonds is 8. The molecule has 0 fully saturated rings. The second-order valence-electron chi connectivity index (χ2n) is 2.90. The number of ether oxygens (including phenoxy) is 2. The standard InChI is InChI=1S/C9H20N2O3/c1-4-10-6-9(12)11-5-8(14-3)7-13-2/h8,10H,4-7H2,1-3H3,(H,11,12). The van der Waals surface area contributed by atoms with Gasteiger partial charge in [-0.05, 0) is 6.54 Å². The highest BCUT2D eigenvalue weighted by molar-refractivity contribution is 5.77. The van der Waals surface area contributed by atoms with E-state index in [9.17, 15) is 4.79 Å². The van der Waals surface area contributed by atoms with Gasteiger partial charge in [-0.3, -0.25) is 4.79 Å². The van der Waals surface area contributed by atoms with E-state index in [1.54, 1.807) is 14.2 Å². The first kappa shape index (κ1) is 13.4. The fraction of sp³-hybridized carbons (Fsp3) is 0.889. The molecule has 0 aromatic heterocycles. The molecule has 2 N–H and O–H groups in total. The highest BCUT2D eigenvalue weighted by Crippen LogP contribution is 1.87. The first-order valence-corrected chi connectivity index (χ1v) is 4.73. The molecule has 1 unspecified atom stereocenters. The highest BCUT2D eigenvalue weighted by atomic mass is 16.5. The van der Waals surface area contributed by atoms with Crippen LogP contribution in [-0.2, 0) is 14.3 Å². The van der Waals surface area contributed by atoms with Gasteiger partial charge in [-0.1, -0.05) is 6.92 Å². The van der Waals surface area contributed by atoms with Gasteiger partial charge in [-0.25, -0.2) is 0 Å². The van der Waals surface area contributed by atoms with Crippen molar-refractivity contribution >= 4 is 5.91 Å². The number of hydrogen-bond acceptors (Lipinski definition) is 4. The minimum Gasteiger partial charge on any atom is -0.382 e. The summed E-state index contributed by atoms with van der Waals surface area (Å²) in [6, 6.07) is 0. The lowest BCUT2D eigenvalue weighted by Crippen LogP contribution is -2.40. The van der Waals surface area contributed by atoms with Gasteiger partial charge >= 0.3 is 0 Å². The Bertz CT molecular complexity index is 153. The minimum atomic E-state index is -0.0782. The zero-order chi connectivity index (χ0) is 10.8. The molecule has 0 saturated heterocycles. The normalized spacial score (nSPS) is 12.5. The zero-order valence-corrected chi connectivity index (χ0v) is 9.13. The van der Waals surface area contributed by atoms with Crippen LogP contribution in [0.5, 0.6) is 0 Å². The van der Waals surface area contributed by atoms with E-state index in [-0.39, 0.29) is 12.0 Å². The summed E-state index contributed by atoms with van der Waals surface area (Å²) < 4.78 is 10.0. The van der Waals surface area contributed by atoms with E-state index in [1.807, 2.05) is 6.92 Å². The van der Waals surface area contributed by atoms with Crippen LogP contribution in [0.1, 0.15) is 6.92 Å². The van der Waals surface area contributed by atoms with Crippen molar-refractivity contribution in [2.45, 2.75) is 13.0 Å². The van der Waals surface area contributed by atoms with Crippen molar-refractivity contribution in [2.75, 3.05) is 40.5 Å². The smallest absolute Gasteiger partial charge is 0.234 e. The molecule has 0 aliphatic rings. The Kier molecular flexibility index (Phi) is 8.51. The molecule has 1 amide bonds. The molecule has 0 heterocycles. The van der Waals surface area contributed by atoms with Gasteiger partial charge < -0.3 is 20.1 Å². The first-order chi connectivity index (χ1) is 6.74. The maximum absolute atomic E-state index is 11.2. The summed E-state index contributed by atoms with van der Waals surface area (Å²) in [5.74, 6) is -0.0231. The Labute approximate surface area is 85.1 Å². The third-order valence-electron chi connectivity index (χ3n) is 1.75. The molecule has 0 rings (SSSR count). The van der Waals surface area contributed by atoms with Gasteiger partial charge in [0.15, 0.2) is 0 Å². The molecule has 84 valence electrons. The summed E-state index contributed by atoms with van der Waals surface area (Å²) >= 11 is 0. The third-order valence-corrected chi connectivity index (χ3v) is 1.75. The van der Waals surface area contributed by atoms with Crippen LogP contribution in [-0.4, -0.2) is 52.5 Å². The SMILES string of the molecule is CCNCC(=O)NCC(COC)OC. The Morgan fingerprint density at radius 3 is 2.64 bits per heavy atom. The molecule has 0 bridgehead atoms. The van der Waals surface area contributed by atoms with Gasteiger partial charge in [-0.2, -0.15) is 0 Å². The van der Waals surface area contributed by atoms with E-state index < -0.39 is 0 Å². The topological polar surface area (TPSA) is 59.6 Å². The van der Waals surface area contributed by atoms with Crippen LogP contribution < -0.4 is 10.6 Å². The Morgan fingerprint density at radius 2 is 2.14 bits per heavy atom. The van der Waals surface area contributed by atoms with Gasteiger partial charge in [0, 0.05) is 20.8 Å². The van der Waals surface area contributed by atoms with Crippen molar-refractivity contribution in [3.8, 4) is 0 Å². The molecule has 0 radical (unpaired) electrons. The second-order valence-corrected chi connectivity index (χ2v) is 2.90. The Balaban J connectivity index is 3.52. The third kappa shape index (κ3) is 6.82. The van der Waals surface area contributed by atoms with Crippen molar-refractivity contribution in [3.05, 3.63) is 0 Å². The quantitative estimate of drug-likeness (QED) is 0.553. The molecule has 0 aromatic carbocycles. The van der Waals surface area contributed by atoms with Crippen LogP contribution in [0, 0.1) is 0 Å². The van der Waals surface area contributed by atoms with Gasteiger partial charge in [0.1, 0.15) is 0 Å². The van der Waals surface area contributed by atoms with Gasteiger partial charge in [0.2, 0.25) is 5.91 Å². The molecule has 5 nitrogen and oxygen atoms in total. The lowest BCUT2D eigenvalue weighted by atomic mass is 10.3. The van der Waals surface area contributed by atoms with Crippen molar-refractivity contribution in [1.82, 2.24) is 10.6 Å². The van der Waals surface area contributed by atoms with E-state index in [1.165, 1.54) is 0 Å². The van der Waals surface area contributed by atoms with Gasteiger partial charge in [-0.15, -0.1) is 0 Å². The van der Waals surface area contributed by atoms with Crippen LogP contribution >= 0.6 is 0 Å². The monoisotopic (exact) mass is 204 g/mol. The van der Waals surface area contributed by atoms with Crippen LogP contribution in [0.15, 0.2) is 0 Å². The molecule has 0 saturated carbocycles. The number of amides is 1. The Hall–Kier alpha value is -0.650. The van der Waals surface area contributed by atoms with E-state index in [0.717, 1.165) is 6.54 Å². The fourth-order valence-electron chi connectivity index (χ4n) is 0.925. The molecule has 0 aliphatic heterocycles. The van der Waals surface area contributed by atoms with E-state index in [4.69, 9.17) is 9.47 Å². The summed E-state index contributed by atoms with van der Waals surface area (Å²) in [6.45, 7) is 4.06. The molecule has 0 aromatic rings. The van der Waals surface area contributed by atoms with Crippen molar-refractivity contribution < 1.29 is 14.3 Å². The average Bonchev–Trinajstić information content (AvgIpc) is 2.21. The summed E-state index contributed by atoms with van der Waals surface area (Å²) in [7, 11) is 3.20. The highest BCUT2D eigenvalue weighted by Gasteiger charge is 2.08. The number of carbonyl (C=O) groups is 1. The molecule has 0 aliphatic carbocycles. The molecular formula is C9H20N2O3. The Morgan fingerprint density at radius 1 is 1.43 bits per heavy atom. The molecule has 14 heavy (non-hydrogen) atoms. The summed E-state index contributed by atoms with van der Waals surface area (Å²) in [5.41, 5.74) is 0. The predicted molar refractivity (Wildman–Crippen MR) is 54.2 cm³/mol. The summed E-state index contributed by atoms with van der Waals surface area (Å²) in [4.78, 5) is 11.2. The number of nitrogens with one attached hydrogen (secondary N) is 2. The zero-order valence-electron chi connectivity index (χ0n) is 9.13. The second kappa shape index (κ2) is 8.93. The van der Waals surface area contributed by atoms with Gasteiger partial charge in [0.25, 0.3) is 0 Å². The molecule has 0 spiro atoms. The molecular weight excluding hydrogens is 184 g/mol. The van der Waals surface area contributed by atoms with Crippen molar-refractivity contribution in [3.63, 3.8) is 0 Å². The van der Waals surface area contributed by atoms with Gasteiger partial charge in [0.05, 0.1) is 19.3 Å². The lowest BCUT2D eigenvalue weighted by molar-refractivity contribution is -0.121. The minimum absolute atomic E-state index is 0.0231. The van der Waals surface area contributed by atoms with E-state index in [2.05, 4.69) is 10.6 Å². The summed E-state index contributed by atoms with van der Waals surface area (Å²) in [5, 5.41) is 5.68. The van der Waals surface area contributed by atoms with E-state index >= 15 is 0 Å². The fourth-order valence-corrected chi connectivity index (χ4v) is 0.925. The van der Waals surface area contributed by atoms with Crippen LogP contribution in [0.25, 0.3) is 0 Å². The average molecular weight is 204 g/mol. The van der Waals surface area contributed by atoms with E-state index in [0.29, 0.717) is 19.7 Å². The number of methoxy groups -OCH3 is 2. The largest absolute Gasteiger partial charge is 0.382 e. The molecule has 5 heteroatoms. The van der Waals surface area contributed by atoms with Crippen molar-refractivity contribution in [1.29, 1.82) is 0 Å². The predicted octanol–water partition coefficient (Wildman–Crippen LogP) is -0.626.